The molecule has 0 radical (unpaired) electrons. The van der Waals surface area contributed by atoms with Crippen molar-refractivity contribution in [1.82, 2.24) is 10.1 Å². The first-order chi connectivity index (χ1) is 14.2. The molecule has 0 bridgehead atoms. The van der Waals surface area contributed by atoms with Crippen molar-refractivity contribution in [3.05, 3.63) is 54.4 Å². The van der Waals surface area contributed by atoms with Crippen LogP contribution in [0, 0.1) is 0 Å². The lowest BCUT2D eigenvalue weighted by Crippen LogP contribution is -2.25. The van der Waals surface area contributed by atoms with Gasteiger partial charge in [-0.1, -0.05) is 29.4 Å². The van der Waals surface area contributed by atoms with Crippen LogP contribution in [0.4, 0.5) is 5.69 Å². The number of rotatable bonds is 7. The second kappa shape index (κ2) is 8.34. The van der Waals surface area contributed by atoms with Gasteiger partial charge < -0.3 is 18.9 Å². The fourth-order valence-electron chi connectivity index (χ4n) is 3.51. The number of nitrogens with zero attached hydrogens (tertiary/aromatic N) is 3. The zero-order chi connectivity index (χ0) is 20.2. The number of benzene rings is 2. The van der Waals surface area contributed by atoms with E-state index in [0.29, 0.717) is 49.4 Å². The molecule has 2 heterocycles. The molecule has 0 spiro atoms. The molecule has 0 aliphatic carbocycles. The highest BCUT2D eigenvalue weighted by molar-refractivity contribution is 5.97. The second-order valence-corrected chi connectivity index (χ2v) is 6.69. The molecule has 1 fully saturated rings. The van der Waals surface area contributed by atoms with Crippen molar-refractivity contribution in [3.8, 4) is 22.9 Å². The first-order valence-corrected chi connectivity index (χ1v) is 9.79. The Kier molecular flexibility index (Phi) is 5.46. The Morgan fingerprint density at radius 3 is 2.52 bits per heavy atom. The van der Waals surface area contributed by atoms with Crippen LogP contribution >= 0.6 is 0 Å². The molecule has 1 aliphatic heterocycles. The third-order valence-electron chi connectivity index (χ3n) is 4.80. The predicted octanol–water partition coefficient (Wildman–Crippen LogP) is 4.05. The van der Waals surface area contributed by atoms with Crippen molar-refractivity contribution in [2.24, 2.45) is 0 Å². The highest BCUT2D eigenvalue weighted by atomic mass is 16.5. The monoisotopic (exact) mass is 393 g/mol. The number of carbonyl (C=O) groups is 1. The molecule has 1 atom stereocenters. The van der Waals surface area contributed by atoms with Crippen LogP contribution in [0.3, 0.4) is 0 Å². The molecule has 1 unspecified atom stereocenters. The van der Waals surface area contributed by atoms with E-state index >= 15 is 0 Å². The van der Waals surface area contributed by atoms with Crippen molar-refractivity contribution in [2.45, 2.75) is 26.2 Å². The summed E-state index contributed by atoms with van der Waals surface area (Å²) in [7, 11) is 0. The van der Waals surface area contributed by atoms with Gasteiger partial charge in [0.05, 0.1) is 30.4 Å². The summed E-state index contributed by atoms with van der Waals surface area (Å²) in [5.41, 5.74) is 1.54. The number of hydrogen-bond donors (Lipinski definition) is 0. The smallest absolute Gasteiger partial charge is 0.232 e. The van der Waals surface area contributed by atoms with E-state index in [2.05, 4.69) is 10.1 Å². The Bertz CT molecular complexity index is 1000. The molecule has 4 rings (SSSR count). The summed E-state index contributed by atoms with van der Waals surface area (Å²) in [5.74, 6) is 2.16. The third-order valence-corrected chi connectivity index (χ3v) is 4.80. The molecule has 29 heavy (non-hydrogen) atoms. The van der Waals surface area contributed by atoms with E-state index in [0.717, 1.165) is 11.3 Å². The highest BCUT2D eigenvalue weighted by Gasteiger charge is 2.36. The number of carbonyl (C=O) groups excluding carboxylic acids is 1. The molecule has 7 heteroatoms. The summed E-state index contributed by atoms with van der Waals surface area (Å²) in [4.78, 5) is 19.0. The molecule has 7 nitrogen and oxygen atoms in total. The van der Waals surface area contributed by atoms with E-state index < -0.39 is 0 Å². The number of aromatic nitrogens is 2. The third kappa shape index (κ3) is 3.81. The SMILES string of the molecule is CCOc1ccccc1-c1noc(C2CC(=O)N(c3ccccc3OCC)C2)n1. The lowest BCUT2D eigenvalue weighted by atomic mass is 10.1. The summed E-state index contributed by atoms with van der Waals surface area (Å²) in [5, 5.41) is 4.12. The van der Waals surface area contributed by atoms with E-state index in [1.165, 1.54) is 0 Å². The number of hydrogen-bond acceptors (Lipinski definition) is 6. The van der Waals surface area contributed by atoms with Crippen LogP contribution in [0.25, 0.3) is 11.4 Å². The van der Waals surface area contributed by atoms with Gasteiger partial charge in [0.25, 0.3) is 0 Å². The van der Waals surface area contributed by atoms with Gasteiger partial charge in [0.15, 0.2) is 0 Å². The minimum absolute atomic E-state index is 0.0108. The topological polar surface area (TPSA) is 77.7 Å². The van der Waals surface area contributed by atoms with Gasteiger partial charge in [-0.05, 0) is 38.1 Å². The van der Waals surface area contributed by atoms with Gasteiger partial charge in [-0.2, -0.15) is 4.98 Å². The van der Waals surface area contributed by atoms with E-state index in [-0.39, 0.29) is 11.8 Å². The standard InChI is InChI=1S/C22H23N3O4/c1-3-27-18-11-7-5-9-16(18)21-23-22(29-24-21)15-13-20(26)25(14-15)17-10-6-8-12-19(17)28-4-2/h5-12,15H,3-4,13-14H2,1-2H3. The summed E-state index contributed by atoms with van der Waals surface area (Å²) in [6.07, 6.45) is 0.315. The van der Waals surface area contributed by atoms with Gasteiger partial charge in [-0.15, -0.1) is 0 Å². The molecule has 1 aromatic heterocycles. The van der Waals surface area contributed by atoms with Gasteiger partial charge in [0, 0.05) is 13.0 Å². The largest absolute Gasteiger partial charge is 0.493 e. The number of ether oxygens (including phenoxy) is 2. The second-order valence-electron chi connectivity index (χ2n) is 6.69. The van der Waals surface area contributed by atoms with Crippen molar-refractivity contribution < 1.29 is 18.8 Å². The highest BCUT2D eigenvalue weighted by Crippen LogP contribution is 2.37. The van der Waals surface area contributed by atoms with Crippen LogP contribution in [0.5, 0.6) is 11.5 Å². The Morgan fingerprint density at radius 1 is 1.03 bits per heavy atom. The van der Waals surface area contributed by atoms with Gasteiger partial charge in [-0.3, -0.25) is 4.79 Å². The zero-order valence-corrected chi connectivity index (χ0v) is 16.5. The molecule has 1 saturated heterocycles. The van der Waals surface area contributed by atoms with Gasteiger partial charge in [0.1, 0.15) is 11.5 Å². The minimum atomic E-state index is -0.169. The van der Waals surface area contributed by atoms with Gasteiger partial charge in [-0.25, -0.2) is 0 Å². The lowest BCUT2D eigenvalue weighted by molar-refractivity contribution is -0.117. The van der Waals surface area contributed by atoms with Crippen LogP contribution in [0.2, 0.25) is 0 Å². The average Bonchev–Trinajstić information content (AvgIpc) is 3.36. The van der Waals surface area contributed by atoms with Gasteiger partial charge >= 0.3 is 0 Å². The van der Waals surface area contributed by atoms with E-state index in [1.54, 1.807) is 4.90 Å². The van der Waals surface area contributed by atoms with Crippen molar-refractivity contribution >= 4 is 11.6 Å². The molecule has 0 N–H and O–H groups in total. The maximum Gasteiger partial charge on any atom is 0.232 e. The zero-order valence-electron chi connectivity index (χ0n) is 16.5. The van der Waals surface area contributed by atoms with Crippen LogP contribution in [-0.4, -0.2) is 35.8 Å². The minimum Gasteiger partial charge on any atom is -0.493 e. The fraction of sp³-hybridized carbons (Fsp3) is 0.318. The summed E-state index contributed by atoms with van der Waals surface area (Å²) in [6.45, 7) is 5.40. The molecule has 0 saturated carbocycles. The van der Waals surface area contributed by atoms with E-state index in [9.17, 15) is 4.79 Å². The Labute approximate surface area is 169 Å². The van der Waals surface area contributed by atoms with Gasteiger partial charge in [0.2, 0.25) is 17.6 Å². The first kappa shape index (κ1) is 19.0. The van der Waals surface area contributed by atoms with E-state index in [4.69, 9.17) is 14.0 Å². The Morgan fingerprint density at radius 2 is 1.72 bits per heavy atom. The Balaban J connectivity index is 1.57. The molecule has 2 aromatic carbocycles. The maximum atomic E-state index is 12.7. The first-order valence-electron chi connectivity index (χ1n) is 9.79. The van der Waals surface area contributed by atoms with Crippen molar-refractivity contribution in [2.75, 3.05) is 24.7 Å². The fourth-order valence-corrected chi connectivity index (χ4v) is 3.51. The number of anilines is 1. The summed E-state index contributed by atoms with van der Waals surface area (Å²) in [6, 6.07) is 15.1. The quantitative estimate of drug-likeness (QED) is 0.603. The van der Waals surface area contributed by atoms with Crippen LogP contribution in [-0.2, 0) is 4.79 Å². The molecule has 1 aliphatic rings. The molecule has 150 valence electrons. The molecular formula is C22H23N3O4. The predicted molar refractivity (Wildman–Crippen MR) is 108 cm³/mol. The van der Waals surface area contributed by atoms with E-state index in [1.807, 2.05) is 62.4 Å². The average molecular weight is 393 g/mol. The molecular weight excluding hydrogens is 370 g/mol. The molecule has 1 amide bonds. The Hall–Kier alpha value is -3.35. The van der Waals surface area contributed by atoms with Crippen LogP contribution in [0.15, 0.2) is 53.1 Å². The van der Waals surface area contributed by atoms with Crippen molar-refractivity contribution in [3.63, 3.8) is 0 Å². The van der Waals surface area contributed by atoms with Crippen LogP contribution < -0.4 is 14.4 Å². The van der Waals surface area contributed by atoms with Crippen molar-refractivity contribution in [1.29, 1.82) is 0 Å². The summed E-state index contributed by atoms with van der Waals surface area (Å²) >= 11 is 0. The molecule has 3 aromatic rings. The lowest BCUT2D eigenvalue weighted by Gasteiger charge is -2.19. The number of amides is 1. The maximum absolute atomic E-state index is 12.7. The number of para-hydroxylation sites is 3. The van der Waals surface area contributed by atoms with Crippen LogP contribution in [0.1, 0.15) is 32.1 Å². The normalized spacial score (nSPS) is 16.3. The summed E-state index contributed by atoms with van der Waals surface area (Å²) < 4.78 is 16.9.